The molecule has 29 heavy (non-hydrogen) atoms. The minimum atomic E-state index is -1.01. The van der Waals surface area contributed by atoms with E-state index in [1.54, 1.807) is 4.90 Å². The third-order valence-electron chi connectivity index (χ3n) is 5.15. The largest absolute Gasteiger partial charge is 0.451 e. The smallest absolute Gasteiger partial charge is 0.407 e. The molecule has 2 unspecified atom stereocenters. The first-order valence-corrected chi connectivity index (χ1v) is 9.70. The zero-order valence-electron chi connectivity index (χ0n) is 16.3. The summed E-state index contributed by atoms with van der Waals surface area (Å²) in [4.78, 5) is 16.3. The van der Waals surface area contributed by atoms with Crippen molar-refractivity contribution >= 4 is 17.0 Å². The molecule has 0 aliphatic carbocycles. The predicted octanol–water partition coefficient (Wildman–Crippen LogP) is 2.65. The lowest BCUT2D eigenvalue weighted by molar-refractivity contribution is -0.124. The quantitative estimate of drug-likeness (QED) is 0.511. The molecule has 3 N–H and O–H groups in total. The number of aromatic nitrogens is 1. The van der Waals surface area contributed by atoms with Crippen molar-refractivity contribution in [3.05, 3.63) is 65.9 Å². The van der Waals surface area contributed by atoms with Crippen LogP contribution in [0.1, 0.15) is 11.1 Å². The minimum absolute atomic E-state index is 0.0127. The first-order valence-electron chi connectivity index (χ1n) is 9.70. The summed E-state index contributed by atoms with van der Waals surface area (Å²) in [6, 6.07) is 15.6. The van der Waals surface area contributed by atoms with Crippen LogP contribution < -0.4 is 10.1 Å². The molecule has 2 atom stereocenters. The fourth-order valence-corrected chi connectivity index (χ4v) is 3.50. The van der Waals surface area contributed by atoms with Gasteiger partial charge in [0.25, 0.3) is 6.41 Å². The van der Waals surface area contributed by atoms with E-state index in [1.807, 2.05) is 43.6 Å². The van der Waals surface area contributed by atoms with Gasteiger partial charge in [-0.2, -0.15) is 0 Å². The maximum atomic E-state index is 11.2. The highest BCUT2D eigenvalue weighted by atomic mass is 16.6. The van der Waals surface area contributed by atoms with Crippen molar-refractivity contribution in [1.29, 1.82) is 0 Å². The van der Waals surface area contributed by atoms with Gasteiger partial charge in [-0.15, -0.1) is 0 Å². The maximum absolute atomic E-state index is 11.2. The number of aliphatic hydroxyl groups is 1. The number of ether oxygens (including phenoxy) is 2. The number of likely N-dealkylation sites (N-methyl/N-ethyl adjacent to an activating group) is 1. The molecule has 1 fully saturated rings. The van der Waals surface area contributed by atoms with Crippen molar-refractivity contribution in [2.75, 3.05) is 20.2 Å². The van der Waals surface area contributed by atoms with Crippen molar-refractivity contribution in [2.45, 2.75) is 25.3 Å². The van der Waals surface area contributed by atoms with Crippen LogP contribution in [0.15, 0.2) is 54.7 Å². The first-order chi connectivity index (χ1) is 14.1. The summed E-state index contributed by atoms with van der Waals surface area (Å²) in [6.07, 6.45) is 2.14. The van der Waals surface area contributed by atoms with Crippen molar-refractivity contribution < 1.29 is 19.4 Å². The zero-order chi connectivity index (χ0) is 20.2. The molecule has 1 saturated heterocycles. The summed E-state index contributed by atoms with van der Waals surface area (Å²) < 4.78 is 10.5. The van der Waals surface area contributed by atoms with Gasteiger partial charge in [-0.3, -0.25) is 0 Å². The summed E-state index contributed by atoms with van der Waals surface area (Å²) >= 11 is 0. The standard InChI is InChI=1S/C22H25N3O4/c1-25(22(27)29-18-5-3-2-4-6-18)10-9-16-13-23-20-8-7-15(12-19(16)20)11-17-14-28-21(26)24-17/h2-8,12-13,17,22-23,27H,9-11,14H2,1H3,(H,24,26). The van der Waals surface area contributed by atoms with Gasteiger partial charge in [0.2, 0.25) is 0 Å². The fraction of sp³-hybridized carbons (Fsp3) is 0.318. The molecule has 7 nitrogen and oxygen atoms in total. The molecule has 152 valence electrons. The lowest BCUT2D eigenvalue weighted by Gasteiger charge is -2.23. The Kier molecular flexibility index (Phi) is 5.69. The molecule has 2 aromatic carbocycles. The van der Waals surface area contributed by atoms with E-state index in [-0.39, 0.29) is 12.1 Å². The Morgan fingerprint density at radius 1 is 1.28 bits per heavy atom. The SMILES string of the molecule is CN(CCc1c[nH]c2ccc(CC3COC(=O)N3)cc12)C(O)Oc1ccccc1. The number of alkyl carbamates (subject to hydrolysis) is 1. The van der Waals surface area contributed by atoms with E-state index < -0.39 is 6.41 Å². The number of rotatable bonds is 8. The Hall–Kier alpha value is -3.03. The Balaban J connectivity index is 1.38. The van der Waals surface area contributed by atoms with Crippen LogP contribution in [0.3, 0.4) is 0 Å². The summed E-state index contributed by atoms with van der Waals surface area (Å²) in [5.74, 6) is 0.631. The van der Waals surface area contributed by atoms with E-state index in [9.17, 15) is 9.90 Å². The molecule has 2 heterocycles. The highest BCUT2D eigenvalue weighted by Crippen LogP contribution is 2.22. The number of hydrogen-bond donors (Lipinski definition) is 3. The van der Waals surface area contributed by atoms with E-state index >= 15 is 0 Å². The number of nitrogens with zero attached hydrogens (tertiary/aromatic N) is 1. The van der Waals surface area contributed by atoms with Gasteiger partial charge in [0.05, 0.1) is 6.04 Å². The number of aliphatic hydroxyl groups excluding tert-OH is 1. The van der Waals surface area contributed by atoms with Crippen molar-refractivity contribution in [1.82, 2.24) is 15.2 Å². The average Bonchev–Trinajstić information content (AvgIpc) is 3.32. The highest BCUT2D eigenvalue weighted by Gasteiger charge is 2.22. The number of carbonyl (C=O) groups excluding carboxylic acids is 1. The van der Waals surface area contributed by atoms with Gasteiger partial charge in [0, 0.05) is 23.6 Å². The summed E-state index contributed by atoms with van der Waals surface area (Å²) in [6.45, 7) is 1.04. The number of fused-ring (bicyclic) bond motifs is 1. The second-order valence-corrected chi connectivity index (χ2v) is 7.33. The normalized spacial score (nSPS) is 17.3. The van der Waals surface area contributed by atoms with E-state index in [4.69, 9.17) is 9.47 Å². The highest BCUT2D eigenvalue weighted by molar-refractivity contribution is 5.84. The van der Waals surface area contributed by atoms with Crippen LogP contribution in [-0.2, 0) is 17.6 Å². The number of cyclic esters (lactones) is 1. The minimum Gasteiger partial charge on any atom is -0.451 e. The third-order valence-corrected chi connectivity index (χ3v) is 5.15. The Bertz CT molecular complexity index is 973. The molecular weight excluding hydrogens is 370 g/mol. The number of nitrogens with one attached hydrogen (secondary N) is 2. The first kappa shape index (κ1) is 19.3. The van der Waals surface area contributed by atoms with Crippen LogP contribution in [0.25, 0.3) is 10.9 Å². The van der Waals surface area contributed by atoms with Crippen molar-refractivity contribution in [2.24, 2.45) is 0 Å². The zero-order valence-corrected chi connectivity index (χ0v) is 16.3. The number of hydrogen-bond acceptors (Lipinski definition) is 5. The molecule has 1 amide bonds. The van der Waals surface area contributed by atoms with E-state index in [2.05, 4.69) is 28.5 Å². The maximum Gasteiger partial charge on any atom is 0.407 e. The van der Waals surface area contributed by atoms with Crippen molar-refractivity contribution in [3.63, 3.8) is 0 Å². The molecule has 0 spiro atoms. The van der Waals surface area contributed by atoms with Crippen LogP contribution in [0.2, 0.25) is 0 Å². The van der Waals surface area contributed by atoms with Gasteiger partial charge in [0.1, 0.15) is 12.4 Å². The number of aromatic amines is 1. The molecule has 7 heteroatoms. The second kappa shape index (κ2) is 8.55. The van der Waals surface area contributed by atoms with Crippen molar-refractivity contribution in [3.8, 4) is 5.75 Å². The molecule has 0 radical (unpaired) electrons. The Morgan fingerprint density at radius 3 is 2.86 bits per heavy atom. The molecule has 1 aromatic heterocycles. The average molecular weight is 395 g/mol. The summed E-state index contributed by atoms with van der Waals surface area (Å²) in [5, 5.41) is 14.3. The molecule has 3 aromatic rings. The third kappa shape index (κ3) is 4.70. The fourth-order valence-electron chi connectivity index (χ4n) is 3.50. The number of para-hydroxylation sites is 1. The predicted molar refractivity (Wildman–Crippen MR) is 110 cm³/mol. The van der Waals surface area contributed by atoms with E-state index in [0.717, 1.165) is 29.3 Å². The molecule has 1 aliphatic heterocycles. The summed E-state index contributed by atoms with van der Waals surface area (Å²) in [5.41, 5.74) is 3.39. The Morgan fingerprint density at radius 2 is 2.10 bits per heavy atom. The van der Waals surface area contributed by atoms with E-state index in [1.165, 1.54) is 5.56 Å². The van der Waals surface area contributed by atoms with Crippen LogP contribution in [0, 0.1) is 0 Å². The van der Waals surface area contributed by atoms with Gasteiger partial charge in [-0.05, 0) is 55.3 Å². The number of carbonyl (C=O) groups is 1. The second-order valence-electron chi connectivity index (χ2n) is 7.33. The molecular formula is C22H25N3O4. The van der Waals surface area contributed by atoms with Crippen LogP contribution in [-0.4, -0.2) is 53.7 Å². The lowest BCUT2D eigenvalue weighted by Crippen LogP contribution is -2.37. The van der Waals surface area contributed by atoms with E-state index in [0.29, 0.717) is 18.9 Å². The van der Waals surface area contributed by atoms with Crippen LogP contribution in [0.4, 0.5) is 4.79 Å². The van der Waals surface area contributed by atoms with Gasteiger partial charge >= 0.3 is 6.09 Å². The number of H-pyrrole nitrogens is 1. The number of amides is 1. The lowest BCUT2D eigenvalue weighted by atomic mass is 10.0. The summed E-state index contributed by atoms with van der Waals surface area (Å²) in [7, 11) is 1.83. The molecule has 0 bridgehead atoms. The van der Waals surface area contributed by atoms with Gasteiger partial charge in [0.15, 0.2) is 0 Å². The monoisotopic (exact) mass is 395 g/mol. The molecule has 0 saturated carbocycles. The van der Waals surface area contributed by atoms with Gasteiger partial charge < -0.3 is 24.9 Å². The number of benzene rings is 2. The van der Waals surface area contributed by atoms with Crippen LogP contribution in [0.5, 0.6) is 5.75 Å². The topological polar surface area (TPSA) is 86.8 Å². The van der Waals surface area contributed by atoms with Gasteiger partial charge in [-0.25, -0.2) is 9.69 Å². The molecule has 1 aliphatic rings. The van der Waals surface area contributed by atoms with Gasteiger partial charge in [-0.1, -0.05) is 24.3 Å². The Labute approximate surface area is 169 Å². The van der Waals surface area contributed by atoms with Crippen LogP contribution >= 0.6 is 0 Å². The molecule has 4 rings (SSSR count).